The van der Waals surface area contributed by atoms with Crippen molar-refractivity contribution >= 4 is 35.3 Å². The Hall–Kier alpha value is -3.22. The minimum absolute atomic E-state index is 0.0694. The lowest BCUT2D eigenvalue weighted by Crippen LogP contribution is -2.35. The third-order valence-corrected chi connectivity index (χ3v) is 7.18. The first-order valence-electron chi connectivity index (χ1n) is 12.3. The number of nitrogens with one attached hydrogen (secondary N) is 1. The third kappa shape index (κ3) is 6.61. The predicted molar refractivity (Wildman–Crippen MR) is 152 cm³/mol. The number of hydrogen-bond acceptors (Lipinski definition) is 3. The van der Waals surface area contributed by atoms with Gasteiger partial charge in [-0.2, -0.15) is 0 Å². The second kappa shape index (κ2) is 13.0. The summed E-state index contributed by atoms with van der Waals surface area (Å²) in [5, 5.41) is 15.0. The van der Waals surface area contributed by atoms with Gasteiger partial charge in [0, 0.05) is 23.8 Å². The van der Waals surface area contributed by atoms with E-state index in [4.69, 9.17) is 23.2 Å². The Morgan fingerprint density at radius 2 is 1.58 bits per heavy atom. The molecule has 0 fully saturated rings. The molecule has 4 aromatic carbocycles. The van der Waals surface area contributed by atoms with E-state index in [1.165, 1.54) is 6.07 Å². The van der Waals surface area contributed by atoms with Crippen LogP contribution in [0.25, 0.3) is 0 Å². The SMILES string of the molecule is CC(CN(Cc1ccc(Cl)cc1NC=O)C(c1ccccc1)C(O)c1ccccc1)c1cccc(Cl)c1F. The van der Waals surface area contributed by atoms with E-state index in [-0.39, 0.29) is 10.9 Å². The summed E-state index contributed by atoms with van der Waals surface area (Å²) < 4.78 is 15.0. The minimum Gasteiger partial charge on any atom is -0.386 e. The number of rotatable bonds is 11. The Bertz CT molecular complexity index is 1350. The summed E-state index contributed by atoms with van der Waals surface area (Å²) >= 11 is 12.3. The summed E-state index contributed by atoms with van der Waals surface area (Å²) in [4.78, 5) is 13.5. The fraction of sp³-hybridized carbons (Fsp3) is 0.194. The van der Waals surface area contributed by atoms with Gasteiger partial charge in [-0.25, -0.2) is 4.39 Å². The molecule has 1 amide bonds. The number of nitrogens with zero attached hydrogens (tertiary/aromatic N) is 1. The molecular formula is C31H29Cl2FN2O2. The molecule has 4 aromatic rings. The molecule has 0 aliphatic heterocycles. The van der Waals surface area contributed by atoms with Gasteiger partial charge in [0.25, 0.3) is 0 Å². The maximum atomic E-state index is 15.0. The first-order chi connectivity index (χ1) is 18.4. The number of amides is 1. The van der Waals surface area contributed by atoms with Crippen molar-refractivity contribution in [2.45, 2.75) is 31.5 Å². The summed E-state index contributed by atoms with van der Waals surface area (Å²) in [6.07, 6.45) is -0.276. The van der Waals surface area contributed by atoms with Gasteiger partial charge >= 0.3 is 0 Å². The highest BCUT2D eigenvalue weighted by Gasteiger charge is 2.31. The van der Waals surface area contributed by atoms with E-state index in [9.17, 15) is 9.90 Å². The molecule has 0 heterocycles. The van der Waals surface area contributed by atoms with Crippen LogP contribution in [0.3, 0.4) is 0 Å². The summed E-state index contributed by atoms with van der Waals surface area (Å²) in [6.45, 7) is 2.68. The first-order valence-corrected chi connectivity index (χ1v) is 13.1. The molecule has 0 radical (unpaired) electrons. The summed E-state index contributed by atoms with van der Waals surface area (Å²) in [5.74, 6) is -0.714. The van der Waals surface area contributed by atoms with Crippen LogP contribution in [0, 0.1) is 5.82 Å². The Kier molecular flexibility index (Phi) is 9.53. The van der Waals surface area contributed by atoms with Gasteiger partial charge in [-0.1, -0.05) is 109 Å². The Morgan fingerprint density at radius 1 is 0.921 bits per heavy atom. The van der Waals surface area contributed by atoms with Crippen molar-refractivity contribution in [2.24, 2.45) is 0 Å². The number of anilines is 1. The predicted octanol–water partition coefficient (Wildman–Crippen LogP) is 7.78. The second-order valence-electron chi connectivity index (χ2n) is 9.25. The zero-order valence-electron chi connectivity index (χ0n) is 20.9. The molecule has 0 spiro atoms. The van der Waals surface area contributed by atoms with Gasteiger partial charge < -0.3 is 10.4 Å². The van der Waals surface area contributed by atoms with Crippen molar-refractivity contribution in [3.63, 3.8) is 0 Å². The van der Waals surface area contributed by atoms with E-state index >= 15 is 4.39 Å². The minimum atomic E-state index is -0.884. The molecule has 4 nitrogen and oxygen atoms in total. The fourth-order valence-corrected chi connectivity index (χ4v) is 5.16. The summed E-state index contributed by atoms with van der Waals surface area (Å²) in [5.41, 5.74) is 3.53. The van der Waals surface area contributed by atoms with Crippen LogP contribution in [0.4, 0.5) is 10.1 Å². The molecular weight excluding hydrogens is 522 g/mol. The zero-order valence-corrected chi connectivity index (χ0v) is 22.4. The fourth-order valence-electron chi connectivity index (χ4n) is 4.81. The van der Waals surface area contributed by atoms with Crippen molar-refractivity contribution < 1.29 is 14.3 Å². The highest BCUT2D eigenvalue weighted by molar-refractivity contribution is 6.31. The molecule has 3 atom stereocenters. The van der Waals surface area contributed by atoms with Crippen LogP contribution < -0.4 is 5.32 Å². The summed E-state index contributed by atoms with van der Waals surface area (Å²) in [6, 6.07) is 29.0. The lowest BCUT2D eigenvalue weighted by atomic mass is 9.91. The molecule has 4 rings (SSSR count). The Labute approximate surface area is 232 Å². The quantitative estimate of drug-likeness (QED) is 0.187. The molecule has 0 aliphatic carbocycles. The molecule has 38 heavy (non-hydrogen) atoms. The first kappa shape index (κ1) is 27.8. The van der Waals surface area contributed by atoms with Gasteiger partial charge in [0.1, 0.15) is 5.82 Å². The molecule has 0 aromatic heterocycles. The molecule has 7 heteroatoms. The van der Waals surface area contributed by atoms with Gasteiger partial charge in [0.05, 0.1) is 17.2 Å². The smallest absolute Gasteiger partial charge is 0.211 e. The average Bonchev–Trinajstić information content (AvgIpc) is 2.93. The highest BCUT2D eigenvalue weighted by atomic mass is 35.5. The standard InChI is InChI=1S/C31H29Cl2FN2O2/c1-21(26-13-8-14-27(33)29(26)34)18-36(19-24-15-16-25(32)17-28(24)35-20-37)30(22-9-4-2-5-10-22)31(38)23-11-6-3-7-12-23/h2-17,20-21,30-31,38H,18-19H2,1H3,(H,35,37). The van der Waals surface area contributed by atoms with Gasteiger partial charge in [-0.3, -0.25) is 9.69 Å². The Balaban J connectivity index is 1.81. The van der Waals surface area contributed by atoms with Gasteiger partial charge in [0.15, 0.2) is 0 Å². The van der Waals surface area contributed by atoms with Crippen LogP contribution >= 0.6 is 23.2 Å². The number of carbonyl (C=O) groups is 1. The lowest BCUT2D eigenvalue weighted by molar-refractivity contribution is -0.105. The monoisotopic (exact) mass is 550 g/mol. The van der Waals surface area contributed by atoms with Crippen molar-refractivity contribution in [1.29, 1.82) is 0 Å². The molecule has 0 saturated heterocycles. The number of halogens is 3. The molecule has 2 N–H and O–H groups in total. The van der Waals surface area contributed by atoms with Gasteiger partial charge in [-0.05, 0) is 46.4 Å². The van der Waals surface area contributed by atoms with E-state index < -0.39 is 18.0 Å². The van der Waals surface area contributed by atoms with Crippen LogP contribution in [0.5, 0.6) is 0 Å². The van der Waals surface area contributed by atoms with Crippen molar-refractivity contribution in [3.05, 3.63) is 135 Å². The van der Waals surface area contributed by atoms with Crippen LogP contribution in [0.2, 0.25) is 10.0 Å². The number of aliphatic hydroxyl groups excluding tert-OH is 1. The number of benzene rings is 4. The Morgan fingerprint density at radius 3 is 2.24 bits per heavy atom. The number of aliphatic hydroxyl groups is 1. The molecule has 196 valence electrons. The lowest BCUT2D eigenvalue weighted by Gasteiger charge is -2.37. The largest absolute Gasteiger partial charge is 0.386 e. The van der Waals surface area contributed by atoms with E-state index in [1.807, 2.05) is 73.7 Å². The summed E-state index contributed by atoms with van der Waals surface area (Å²) in [7, 11) is 0. The van der Waals surface area contributed by atoms with Crippen molar-refractivity contribution in [3.8, 4) is 0 Å². The molecule has 0 aliphatic rings. The molecule has 3 unspecified atom stereocenters. The second-order valence-corrected chi connectivity index (χ2v) is 10.1. The van der Waals surface area contributed by atoms with Crippen LogP contribution in [0.1, 0.15) is 47.2 Å². The van der Waals surface area contributed by atoms with Crippen molar-refractivity contribution in [1.82, 2.24) is 4.90 Å². The number of carbonyl (C=O) groups excluding carboxylic acids is 1. The van der Waals surface area contributed by atoms with Gasteiger partial charge in [-0.15, -0.1) is 0 Å². The van der Waals surface area contributed by atoms with E-state index in [2.05, 4.69) is 10.2 Å². The highest BCUT2D eigenvalue weighted by Crippen LogP contribution is 2.38. The van der Waals surface area contributed by atoms with Gasteiger partial charge in [0.2, 0.25) is 6.41 Å². The van der Waals surface area contributed by atoms with Crippen LogP contribution in [0.15, 0.2) is 97.1 Å². The van der Waals surface area contributed by atoms with Crippen molar-refractivity contribution in [2.75, 3.05) is 11.9 Å². The topological polar surface area (TPSA) is 52.6 Å². The maximum Gasteiger partial charge on any atom is 0.211 e. The van der Waals surface area contributed by atoms with Crippen LogP contribution in [-0.4, -0.2) is 23.0 Å². The average molecular weight is 551 g/mol. The molecule has 0 bridgehead atoms. The van der Waals surface area contributed by atoms with Crippen LogP contribution in [-0.2, 0) is 11.3 Å². The third-order valence-electron chi connectivity index (χ3n) is 6.66. The maximum absolute atomic E-state index is 15.0. The van der Waals surface area contributed by atoms with E-state index in [0.29, 0.717) is 35.8 Å². The zero-order chi connectivity index (χ0) is 27.1. The number of hydrogen-bond donors (Lipinski definition) is 2. The normalized spacial score (nSPS) is 13.6. The van der Waals surface area contributed by atoms with E-state index in [1.54, 1.807) is 24.3 Å². The van der Waals surface area contributed by atoms with E-state index in [0.717, 1.165) is 16.7 Å². The molecule has 0 saturated carbocycles.